The first-order valence-corrected chi connectivity index (χ1v) is 7.91. The van der Waals surface area contributed by atoms with Gasteiger partial charge < -0.3 is 24.8 Å². The Kier molecular flexibility index (Phi) is 9.39. The average Bonchev–Trinajstić information content (AvgIpc) is 2.95. The average molecular weight is 288 g/mol. The van der Waals surface area contributed by atoms with Crippen LogP contribution in [-0.2, 0) is 9.47 Å². The van der Waals surface area contributed by atoms with Gasteiger partial charge in [0, 0.05) is 32.3 Å². The summed E-state index contributed by atoms with van der Waals surface area (Å²) in [5.41, 5.74) is 0. The minimum Gasteiger partial charge on any atom is -0.389 e. The van der Waals surface area contributed by atoms with Gasteiger partial charge in [-0.1, -0.05) is 6.92 Å². The Hall–Kier alpha value is -0.200. The Balaban J connectivity index is 1.92. The molecule has 0 saturated carbocycles. The first kappa shape index (κ1) is 17.9. The molecule has 1 aliphatic rings. The number of nitrogens with one attached hydrogen (secondary N) is 1. The number of aliphatic hydroxyl groups is 1. The van der Waals surface area contributed by atoms with Gasteiger partial charge in [-0.05, 0) is 33.2 Å². The first-order chi connectivity index (χ1) is 9.63. The predicted octanol–water partition coefficient (Wildman–Crippen LogP) is 0.863. The second-order valence-electron chi connectivity index (χ2n) is 5.77. The van der Waals surface area contributed by atoms with Crippen molar-refractivity contribution in [2.45, 2.75) is 51.4 Å². The highest BCUT2D eigenvalue weighted by Crippen LogP contribution is 2.11. The SMILES string of the molecule is CCC(C)N(C)CCNCC(O)COCC1CCCO1. The molecule has 2 N–H and O–H groups in total. The van der Waals surface area contributed by atoms with E-state index in [1.165, 1.54) is 0 Å². The van der Waals surface area contributed by atoms with Crippen LogP contribution in [0.25, 0.3) is 0 Å². The maximum absolute atomic E-state index is 9.80. The molecule has 5 nitrogen and oxygen atoms in total. The molecular weight excluding hydrogens is 256 g/mol. The third-order valence-electron chi connectivity index (χ3n) is 4.00. The number of aliphatic hydroxyl groups excluding tert-OH is 1. The van der Waals surface area contributed by atoms with E-state index in [9.17, 15) is 5.11 Å². The molecule has 3 unspecified atom stereocenters. The maximum Gasteiger partial charge on any atom is 0.0897 e. The van der Waals surface area contributed by atoms with Gasteiger partial charge in [-0.3, -0.25) is 0 Å². The quantitative estimate of drug-likeness (QED) is 0.552. The molecule has 1 heterocycles. The molecule has 1 saturated heterocycles. The third-order valence-corrected chi connectivity index (χ3v) is 4.00. The normalized spacial score (nSPS) is 22.4. The predicted molar refractivity (Wildman–Crippen MR) is 81.1 cm³/mol. The standard InChI is InChI=1S/C15H32N2O3/c1-4-13(2)17(3)8-7-16-10-14(18)11-19-12-15-6-5-9-20-15/h13-16,18H,4-12H2,1-3H3. The highest BCUT2D eigenvalue weighted by molar-refractivity contribution is 4.66. The lowest BCUT2D eigenvalue weighted by atomic mass is 10.2. The van der Waals surface area contributed by atoms with Gasteiger partial charge in [0.2, 0.25) is 0 Å². The van der Waals surface area contributed by atoms with Crippen LogP contribution in [0, 0.1) is 0 Å². The summed E-state index contributed by atoms with van der Waals surface area (Å²) in [6.45, 7) is 8.74. The molecular formula is C15H32N2O3. The van der Waals surface area contributed by atoms with E-state index >= 15 is 0 Å². The molecule has 1 fully saturated rings. The topological polar surface area (TPSA) is 54.0 Å². The molecule has 0 bridgehead atoms. The van der Waals surface area contributed by atoms with Gasteiger partial charge in [0.05, 0.1) is 25.4 Å². The number of likely N-dealkylation sites (N-methyl/N-ethyl adjacent to an activating group) is 1. The summed E-state index contributed by atoms with van der Waals surface area (Å²) in [5.74, 6) is 0. The number of nitrogens with zero attached hydrogens (tertiary/aromatic N) is 1. The molecule has 20 heavy (non-hydrogen) atoms. The third kappa shape index (κ3) is 7.55. The smallest absolute Gasteiger partial charge is 0.0897 e. The number of hydrogen-bond donors (Lipinski definition) is 2. The van der Waals surface area contributed by atoms with E-state index < -0.39 is 6.10 Å². The van der Waals surface area contributed by atoms with Crippen LogP contribution < -0.4 is 5.32 Å². The minimum atomic E-state index is -0.440. The molecule has 0 radical (unpaired) electrons. The van der Waals surface area contributed by atoms with E-state index in [-0.39, 0.29) is 6.10 Å². The lowest BCUT2D eigenvalue weighted by molar-refractivity contribution is -0.0164. The summed E-state index contributed by atoms with van der Waals surface area (Å²) < 4.78 is 11.0. The summed E-state index contributed by atoms with van der Waals surface area (Å²) in [5, 5.41) is 13.1. The highest BCUT2D eigenvalue weighted by atomic mass is 16.5. The van der Waals surface area contributed by atoms with Crippen molar-refractivity contribution in [2.24, 2.45) is 0 Å². The molecule has 0 aromatic rings. The van der Waals surface area contributed by atoms with E-state index in [4.69, 9.17) is 9.47 Å². The van der Waals surface area contributed by atoms with Crippen molar-refractivity contribution in [3.63, 3.8) is 0 Å². The molecule has 0 amide bonds. The lowest BCUT2D eigenvalue weighted by Gasteiger charge is -2.23. The first-order valence-electron chi connectivity index (χ1n) is 7.91. The molecule has 5 heteroatoms. The van der Waals surface area contributed by atoms with Crippen LogP contribution >= 0.6 is 0 Å². The van der Waals surface area contributed by atoms with Crippen LogP contribution in [-0.4, -0.2) is 74.8 Å². The zero-order chi connectivity index (χ0) is 14.8. The summed E-state index contributed by atoms with van der Waals surface area (Å²) in [6, 6.07) is 0.608. The molecule has 1 rings (SSSR count). The zero-order valence-corrected chi connectivity index (χ0v) is 13.3. The van der Waals surface area contributed by atoms with Gasteiger partial charge in [0.1, 0.15) is 0 Å². The largest absolute Gasteiger partial charge is 0.389 e. The van der Waals surface area contributed by atoms with Crippen LogP contribution in [0.2, 0.25) is 0 Å². The van der Waals surface area contributed by atoms with E-state index in [0.29, 0.717) is 25.8 Å². The van der Waals surface area contributed by atoms with Crippen LogP contribution in [0.1, 0.15) is 33.1 Å². The number of hydrogen-bond acceptors (Lipinski definition) is 5. The van der Waals surface area contributed by atoms with Crippen molar-refractivity contribution in [1.29, 1.82) is 0 Å². The minimum absolute atomic E-state index is 0.236. The fraction of sp³-hybridized carbons (Fsp3) is 1.00. The number of ether oxygens (including phenoxy) is 2. The van der Waals surface area contributed by atoms with Crippen LogP contribution in [0.15, 0.2) is 0 Å². The second-order valence-corrected chi connectivity index (χ2v) is 5.77. The fourth-order valence-corrected chi connectivity index (χ4v) is 2.23. The van der Waals surface area contributed by atoms with Crippen LogP contribution in [0.4, 0.5) is 0 Å². The molecule has 1 aliphatic heterocycles. The lowest BCUT2D eigenvalue weighted by Crippen LogP contribution is -2.38. The molecule has 0 spiro atoms. The van der Waals surface area contributed by atoms with E-state index in [0.717, 1.165) is 39.0 Å². The van der Waals surface area contributed by atoms with Gasteiger partial charge >= 0.3 is 0 Å². The Morgan fingerprint density at radius 1 is 1.50 bits per heavy atom. The Labute approximate surface area is 123 Å². The van der Waals surface area contributed by atoms with Gasteiger partial charge in [-0.2, -0.15) is 0 Å². The van der Waals surface area contributed by atoms with E-state index in [1.807, 2.05) is 0 Å². The van der Waals surface area contributed by atoms with Crippen molar-refractivity contribution < 1.29 is 14.6 Å². The van der Waals surface area contributed by atoms with E-state index in [2.05, 4.69) is 31.1 Å². The summed E-state index contributed by atoms with van der Waals surface area (Å²) in [7, 11) is 2.14. The summed E-state index contributed by atoms with van der Waals surface area (Å²) in [4.78, 5) is 2.33. The Bertz CT molecular complexity index is 235. The van der Waals surface area contributed by atoms with Crippen molar-refractivity contribution in [2.75, 3.05) is 46.5 Å². The van der Waals surface area contributed by atoms with Crippen LogP contribution in [0.3, 0.4) is 0 Å². The van der Waals surface area contributed by atoms with Gasteiger partial charge in [0.25, 0.3) is 0 Å². The summed E-state index contributed by atoms with van der Waals surface area (Å²) in [6.07, 6.45) is 3.17. The Morgan fingerprint density at radius 3 is 2.95 bits per heavy atom. The van der Waals surface area contributed by atoms with Gasteiger partial charge in [-0.25, -0.2) is 0 Å². The second kappa shape index (κ2) is 10.5. The van der Waals surface area contributed by atoms with Gasteiger partial charge in [-0.15, -0.1) is 0 Å². The fourth-order valence-electron chi connectivity index (χ4n) is 2.23. The Morgan fingerprint density at radius 2 is 2.30 bits per heavy atom. The van der Waals surface area contributed by atoms with Crippen molar-refractivity contribution in [1.82, 2.24) is 10.2 Å². The van der Waals surface area contributed by atoms with Crippen LogP contribution in [0.5, 0.6) is 0 Å². The monoisotopic (exact) mass is 288 g/mol. The molecule has 3 atom stereocenters. The van der Waals surface area contributed by atoms with Crippen molar-refractivity contribution in [3.05, 3.63) is 0 Å². The highest BCUT2D eigenvalue weighted by Gasteiger charge is 2.16. The maximum atomic E-state index is 9.80. The summed E-state index contributed by atoms with van der Waals surface area (Å²) >= 11 is 0. The molecule has 0 aromatic heterocycles. The number of rotatable bonds is 11. The molecule has 0 aliphatic carbocycles. The van der Waals surface area contributed by atoms with Crippen molar-refractivity contribution >= 4 is 0 Å². The van der Waals surface area contributed by atoms with Gasteiger partial charge in [0.15, 0.2) is 0 Å². The molecule has 0 aromatic carbocycles. The van der Waals surface area contributed by atoms with Crippen molar-refractivity contribution in [3.8, 4) is 0 Å². The molecule has 120 valence electrons. The van der Waals surface area contributed by atoms with E-state index in [1.54, 1.807) is 0 Å². The zero-order valence-electron chi connectivity index (χ0n) is 13.3.